The van der Waals surface area contributed by atoms with Crippen molar-refractivity contribution in [2.75, 3.05) is 23.3 Å². The average Bonchev–Trinajstić information content (AvgIpc) is 2.80. The molecular weight excluding hydrogens is 379 g/mol. The molecule has 0 bridgehead atoms. The Labute approximate surface area is 174 Å². The van der Waals surface area contributed by atoms with E-state index < -0.39 is 0 Å². The van der Waals surface area contributed by atoms with Gasteiger partial charge in [0.2, 0.25) is 5.91 Å². The topological polar surface area (TPSA) is 69.0 Å². The van der Waals surface area contributed by atoms with Gasteiger partial charge in [-0.1, -0.05) is 24.3 Å². The molecule has 6 heteroatoms. The molecule has 1 saturated heterocycles. The molecule has 1 aliphatic heterocycles. The van der Waals surface area contributed by atoms with E-state index in [9.17, 15) is 14.4 Å². The van der Waals surface area contributed by atoms with Gasteiger partial charge in [-0.15, -0.1) is 0 Å². The number of halogens is 1. The zero-order valence-electron chi connectivity index (χ0n) is 16.4. The van der Waals surface area contributed by atoms with E-state index in [1.54, 1.807) is 30.5 Å². The fraction of sp³-hybridized carbons (Fsp3) is 0.208. The minimum Gasteiger partial charge on any atom is -0.355 e. The lowest BCUT2D eigenvalue weighted by Crippen LogP contribution is -2.41. The van der Waals surface area contributed by atoms with Crippen molar-refractivity contribution in [2.45, 2.75) is 12.8 Å². The Kier molecular flexibility index (Phi) is 5.71. The second-order valence-electron chi connectivity index (χ2n) is 7.35. The normalized spacial score (nSPS) is 16.0. The SMILES string of the molecule is N#Cc1cccnc1N1CCCC(C(=O)Nc2cccc(-c3ccc(F)cc3)c2)C1. The zero-order chi connectivity index (χ0) is 20.9. The summed E-state index contributed by atoms with van der Waals surface area (Å²) >= 11 is 0. The van der Waals surface area contributed by atoms with Crippen molar-refractivity contribution in [2.24, 2.45) is 5.92 Å². The lowest BCUT2D eigenvalue weighted by molar-refractivity contribution is -0.120. The Morgan fingerprint density at radius 1 is 1.13 bits per heavy atom. The molecule has 3 aromatic rings. The number of hydrogen-bond donors (Lipinski definition) is 1. The lowest BCUT2D eigenvalue weighted by Gasteiger charge is -2.33. The van der Waals surface area contributed by atoms with Crippen LogP contribution in [0.15, 0.2) is 66.9 Å². The van der Waals surface area contributed by atoms with Gasteiger partial charge in [0.1, 0.15) is 17.7 Å². The van der Waals surface area contributed by atoms with Crippen molar-refractivity contribution in [1.82, 2.24) is 4.98 Å². The first kappa shape index (κ1) is 19.6. The molecule has 30 heavy (non-hydrogen) atoms. The summed E-state index contributed by atoms with van der Waals surface area (Å²) < 4.78 is 13.2. The molecule has 1 aliphatic rings. The minimum atomic E-state index is -0.280. The molecule has 1 atom stereocenters. The van der Waals surface area contributed by atoms with Crippen molar-refractivity contribution in [3.05, 3.63) is 78.2 Å². The van der Waals surface area contributed by atoms with Crippen LogP contribution in [0.2, 0.25) is 0 Å². The van der Waals surface area contributed by atoms with E-state index >= 15 is 0 Å². The number of anilines is 2. The van der Waals surface area contributed by atoms with E-state index in [1.807, 2.05) is 29.2 Å². The van der Waals surface area contributed by atoms with Gasteiger partial charge in [0.05, 0.1) is 11.5 Å². The van der Waals surface area contributed by atoms with Crippen LogP contribution in [0.3, 0.4) is 0 Å². The maximum Gasteiger partial charge on any atom is 0.229 e. The summed E-state index contributed by atoms with van der Waals surface area (Å²) in [7, 11) is 0. The third-order valence-electron chi connectivity index (χ3n) is 5.31. The molecule has 0 radical (unpaired) electrons. The van der Waals surface area contributed by atoms with Crippen molar-refractivity contribution in [3.8, 4) is 17.2 Å². The van der Waals surface area contributed by atoms with Crippen LogP contribution < -0.4 is 10.2 Å². The number of pyridine rings is 1. The van der Waals surface area contributed by atoms with Crippen molar-refractivity contribution < 1.29 is 9.18 Å². The van der Waals surface area contributed by atoms with Crippen LogP contribution in [0.4, 0.5) is 15.9 Å². The van der Waals surface area contributed by atoms with E-state index in [-0.39, 0.29) is 17.6 Å². The standard InChI is InChI=1S/C24H21FN4O/c25-21-10-8-17(9-11-21)18-4-1-7-22(14-18)28-24(30)20-6-3-13-29(16-20)23-19(15-26)5-2-12-27-23/h1-2,4-5,7-12,14,20H,3,6,13,16H2,(H,28,30). The first-order valence-electron chi connectivity index (χ1n) is 9.91. The van der Waals surface area contributed by atoms with Crippen LogP contribution in [-0.4, -0.2) is 24.0 Å². The molecule has 1 aromatic heterocycles. The van der Waals surface area contributed by atoms with Gasteiger partial charge in [-0.25, -0.2) is 9.37 Å². The number of amides is 1. The van der Waals surface area contributed by atoms with Crippen LogP contribution in [0, 0.1) is 23.1 Å². The molecule has 1 fully saturated rings. The number of nitrogens with one attached hydrogen (secondary N) is 1. The maximum absolute atomic E-state index is 13.2. The van der Waals surface area contributed by atoms with Crippen LogP contribution in [-0.2, 0) is 4.79 Å². The number of carbonyl (C=O) groups is 1. The van der Waals surface area contributed by atoms with Gasteiger partial charge in [-0.3, -0.25) is 4.79 Å². The second-order valence-corrected chi connectivity index (χ2v) is 7.35. The van der Waals surface area contributed by atoms with Crippen molar-refractivity contribution in [1.29, 1.82) is 5.26 Å². The molecule has 0 saturated carbocycles. The molecule has 1 unspecified atom stereocenters. The molecule has 1 amide bonds. The average molecular weight is 400 g/mol. The molecular formula is C24H21FN4O. The van der Waals surface area contributed by atoms with Crippen molar-refractivity contribution in [3.63, 3.8) is 0 Å². The van der Waals surface area contributed by atoms with Gasteiger partial charge in [0.15, 0.2) is 0 Å². The van der Waals surface area contributed by atoms with Gasteiger partial charge in [-0.05, 0) is 60.4 Å². The first-order chi connectivity index (χ1) is 14.6. The highest BCUT2D eigenvalue weighted by Gasteiger charge is 2.27. The smallest absolute Gasteiger partial charge is 0.229 e. The van der Waals surface area contributed by atoms with Gasteiger partial charge in [0, 0.05) is 25.0 Å². The summed E-state index contributed by atoms with van der Waals surface area (Å²) in [6.07, 6.45) is 3.31. The number of nitrogens with zero attached hydrogens (tertiary/aromatic N) is 3. The number of carbonyl (C=O) groups excluding carboxylic acids is 1. The fourth-order valence-corrected chi connectivity index (χ4v) is 3.78. The van der Waals surface area contributed by atoms with Gasteiger partial charge in [0.25, 0.3) is 0 Å². The monoisotopic (exact) mass is 400 g/mol. The quantitative estimate of drug-likeness (QED) is 0.694. The highest BCUT2D eigenvalue weighted by Crippen LogP contribution is 2.26. The van der Waals surface area contributed by atoms with E-state index in [2.05, 4.69) is 16.4 Å². The maximum atomic E-state index is 13.2. The van der Waals surface area contributed by atoms with Crippen molar-refractivity contribution >= 4 is 17.4 Å². The summed E-state index contributed by atoms with van der Waals surface area (Å²) in [6, 6.07) is 19.5. The molecule has 0 aliphatic carbocycles. The Morgan fingerprint density at radius 3 is 2.77 bits per heavy atom. The largest absolute Gasteiger partial charge is 0.355 e. The highest BCUT2D eigenvalue weighted by atomic mass is 19.1. The third kappa shape index (κ3) is 4.31. The summed E-state index contributed by atoms with van der Waals surface area (Å²) in [4.78, 5) is 19.3. The number of rotatable bonds is 4. The lowest BCUT2D eigenvalue weighted by atomic mass is 9.96. The Bertz CT molecular complexity index is 1090. The second kappa shape index (κ2) is 8.75. The minimum absolute atomic E-state index is 0.0506. The number of benzene rings is 2. The zero-order valence-corrected chi connectivity index (χ0v) is 16.4. The molecule has 4 rings (SSSR count). The van der Waals surface area contributed by atoms with Crippen LogP contribution in [0.1, 0.15) is 18.4 Å². The predicted molar refractivity (Wildman–Crippen MR) is 114 cm³/mol. The summed E-state index contributed by atoms with van der Waals surface area (Å²) in [5, 5.41) is 12.3. The van der Waals surface area contributed by atoms with Crippen LogP contribution in [0.25, 0.3) is 11.1 Å². The van der Waals surface area contributed by atoms with E-state index in [0.29, 0.717) is 23.6 Å². The first-order valence-corrected chi connectivity index (χ1v) is 9.91. The number of hydrogen-bond acceptors (Lipinski definition) is 4. The number of nitriles is 1. The number of aromatic nitrogens is 1. The number of piperidine rings is 1. The highest BCUT2D eigenvalue weighted by molar-refractivity contribution is 5.93. The van der Waals surface area contributed by atoms with E-state index in [1.165, 1.54) is 12.1 Å². The molecule has 2 aromatic carbocycles. The molecule has 0 spiro atoms. The van der Waals surface area contributed by atoms with Crippen LogP contribution >= 0.6 is 0 Å². The third-order valence-corrected chi connectivity index (χ3v) is 5.31. The Hall–Kier alpha value is -3.72. The summed E-state index contributed by atoms with van der Waals surface area (Å²) in [5.41, 5.74) is 3.01. The van der Waals surface area contributed by atoms with Gasteiger partial charge in [-0.2, -0.15) is 5.26 Å². The summed E-state index contributed by atoms with van der Waals surface area (Å²) in [6.45, 7) is 1.30. The van der Waals surface area contributed by atoms with Gasteiger partial charge < -0.3 is 10.2 Å². The van der Waals surface area contributed by atoms with Crippen LogP contribution in [0.5, 0.6) is 0 Å². The van der Waals surface area contributed by atoms with E-state index in [4.69, 9.17) is 0 Å². The molecule has 1 N–H and O–H groups in total. The van der Waals surface area contributed by atoms with Gasteiger partial charge >= 0.3 is 0 Å². The fourth-order valence-electron chi connectivity index (χ4n) is 3.78. The Balaban J connectivity index is 1.47. The van der Waals surface area contributed by atoms with E-state index in [0.717, 1.165) is 30.5 Å². The predicted octanol–water partition coefficient (Wildman–Crippen LogP) is 4.61. The molecule has 150 valence electrons. The Morgan fingerprint density at radius 2 is 1.97 bits per heavy atom. The molecule has 2 heterocycles. The summed E-state index contributed by atoms with van der Waals surface area (Å²) in [5.74, 6) is 0.112. The molecule has 5 nitrogen and oxygen atoms in total.